The molecule has 16 heavy (non-hydrogen) atoms. The molecule has 0 bridgehead atoms. The highest BCUT2D eigenvalue weighted by molar-refractivity contribution is 5.64. The smallest absolute Gasteiger partial charge is 0.404 e. The zero-order valence-electron chi connectivity index (χ0n) is 9.39. The van der Waals surface area contributed by atoms with Gasteiger partial charge in [0.15, 0.2) is 0 Å². The van der Waals surface area contributed by atoms with Crippen molar-refractivity contribution in [1.29, 1.82) is 0 Å². The van der Waals surface area contributed by atoms with Crippen LogP contribution in [0.5, 0.6) is 0 Å². The number of rotatable bonds is 7. The van der Waals surface area contributed by atoms with E-state index in [9.17, 15) is 4.79 Å². The number of aromatic nitrogens is 2. The molecule has 90 valence electrons. The minimum Gasteiger partial charge on any atom is -0.448 e. The number of nitrogens with zero attached hydrogens (tertiary/aromatic N) is 2. The summed E-state index contributed by atoms with van der Waals surface area (Å²) in [4.78, 5) is 10.3. The third-order valence-electron chi connectivity index (χ3n) is 2.07. The average Bonchev–Trinajstić information content (AvgIpc) is 2.66. The first kappa shape index (κ1) is 12.5. The molecule has 0 aliphatic rings. The fourth-order valence-corrected chi connectivity index (χ4v) is 1.32. The number of hydrogen-bond acceptors (Lipinski definition) is 4. The molecule has 1 heterocycles. The molecule has 1 aromatic rings. The Morgan fingerprint density at radius 2 is 2.38 bits per heavy atom. The van der Waals surface area contributed by atoms with Crippen molar-refractivity contribution in [2.75, 3.05) is 20.3 Å². The van der Waals surface area contributed by atoms with Gasteiger partial charge in [-0.05, 0) is 18.4 Å². The van der Waals surface area contributed by atoms with E-state index in [1.165, 1.54) is 0 Å². The maximum absolute atomic E-state index is 10.3. The standard InChI is InChI=1S/C10H17N3O3/c1-15-5-2-3-9-7-12-13(8-9)4-6-16-10(11)14/h7-8H,2-6H2,1H3,(H2,11,14). The highest BCUT2D eigenvalue weighted by atomic mass is 16.5. The number of amides is 1. The molecule has 2 N–H and O–H groups in total. The van der Waals surface area contributed by atoms with Gasteiger partial charge >= 0.3 is 6.09 Å². The van der Waals surface area contributed by atoms with Gasteiger partial charge in [0.05, 0.1) is 12.7 Å². The van der Waals surface area contributed by atoms with Gasteiger partial charge in [0.1, 0.15) is 6.61 Å². The molecule has 0 aliphatic heterocycles. The summed E-state index contributed by atoms with van der Waals surface area (Å²) in [6.45, 7) is 1.51. The lowest BCUT2D eigenvalue weighted by molar-refractivity contribution is 0.151. The molecular weight excluding hydrogens is 210 g/mol. The number of nitrogens with two attached hydrogens (primary N) is 1. The van der Waals surface area contributed by atoms with E-state index in [2.05, 4.69) is 9.84 Å². The lowest BCUT2D eigenvalue weighted by Crippen LogP contribution is -2.16. The predicted molar refractivity (Wildman–Crippen MR) is 58.0 cm³/mol. The van der Waals surface area contributed by atoms with Crippen molar-refractivity contribution in [3.8, 4) is 0 Å². The monoisotopic (exact) mass is 227 g/mol. The Bertz CT molecular complexity index is 325. The molecule has 0 aliphatic carbocycles. The molecule has 1 amide bonds. The summed E-state index contributed by atoms with van der Waals surface area (Å²) in [7, 11) is 1.69. The Kier molecular flexibility index (Phi) is 5.35. The van der Waals surface area contributed by atoms with Crippen LogP contribution in [0.4, 0.5) is 4.79 Å². The quantitative estimate of drug-likeness (QED) is 0.690. The van der Waals surface area contributed by atoms with Crippen LogP contribution in [0, 0.1) is 0 Å². The predicted octanol–water partition coefficient (Wildman–Crippen LogP) is 0.557. The second-order valence-electron chi connectivity index (χ2n) is 3.38. The van der Waals surface area contributed by atoms with Crippen molar-refractivity contribution in [2.24, 2.45) is 5.73 Å². The molecule has 0 saturated carbocycles. The summed E-state index contributed by atoms with van der Waals surface area (Å²) in [5.41, 5.74) is 5.99. The number of hydrogen-bond donors (Lipinski definition) is 1. The van der Waals surface area contributed by atoms with Crippen molar-refractivity contribution in [3.05, 3.63) is 18.0 Å². The fraction of sp³-hybridized carbons (Fsp3) is 0.600. The van der Waals surface area contributed by atoms with Crippen molar-refractivity contribution >= 4 is 6.09 Å². The summed E-state index contributed by atoms with van der Waals surface area (Å²) in [6.07, 6.45) is 4.89. The van der Waals surface area contributed by atoms with E-state index in [0.29, 0.717) is 6.54 Å². The lowest BCUT2D eigenvalue weighted by Gasteiger charge is -2.01. The van der Waals surface area contributed by atoms with Gasteiger partial charge in [-0.25, -0.2) is 4.79 Å². The van der Waals surface area contributed by atoms with Gasteiger partial charge in [0, 0.05) is 19.9 Å². The van der Waals surface area contributed by atoms with Crippen molar-refractivity contribution in [3.63, 3.8) is 0 Å². The first-order valence-electron chi connectivity index (χ1n) is 5.15. The van der Waals surface area contributed by atoms with Crippen molar-refractivity contribution in [1.82, 2.24) is 9.78 Å². The van der Waals surface area contributed by atoms with E-state index in [0.717, 1.165) is 25.0 Å². The van der Waals surface area contributed by atoms with E-state index >= 15 is 0 Å². The molecule has 0 atom stereocenters. The average molecular weight is 227 g/mol. The Morgan fingerprint density at radius 3 is 3.06 bits per heavy atom. The summed E-state index contributed by atoms with van der Waals surface area (Å²) >= 11 is 0. The van der Waals surface area contributed by atoms with Crippen LogP contribution in [-0.2, 0) is 22.4 Å². The second kappa shape index (κ2) is 6.84. The molecule has 0 unspecified atom stereocenters. The van der Waals surface area contributed by atoms with Gasteiger partial charge in [0.25, 0.3) is 0 Å². The van der Waals surface area contributed by atoms with Gasteiger partial charge < -0.3 is 15.2 Å². The first-order chi connectivity index (χ1) is 7.72. The Labute approximate surface area is 94.3 Å². The third-order valence-corrected chi connectivity index (χ3v) is 2.07. The van der Waals surface area contributed by atoms with E-state index < -0.39 is 6.09 Å². The molecule has 1 aromatic heterocycles. The Balaban J connectivity index is 2.25. The van der Waals surface area contributed by atoms with E-state index in [4.69, 9.17) is 10.5 Å². The number of methoxy groups -OCH3 is 1. The molecule has 6 nitrogen and oxygen atoms in total. The minimum absolute atomic E-state index is 0.245. The van der Waals surface area contributed by atoms with Crippen LogP contribution in [0.15, 0.2) is 12.4 Å². The maximum atomic E-state index is 10.3. The first-order valence-corrected chi connectivity index (χ1v) is 5.15. The number of carbonyl (C=O) groups excluding carboxylic acids is 1. The number of carbonyl (C=O) groups is 1. The largest absolute Gasteiger partial charge is 0.448 e. The van der Waals surface area contributed by atoms with Crippen LogP contribution in [0.1, 0.15) is 12.0 Å². The van der Waals surface area contributed by atoms with Gasteiger partial charge in [-0.1, -0.05) is 0 Å². The summed E-state index contributed by atoms with van der Waals surface area (Å²) in [5, 5.41) is 4.14. The van der Waals surface area contributed by atoms with Crippen LogP contribution >= 0.6 is 0 Å². The molecule has 6 heteroatoms. The molecule has 1 rings (SSSR count). The van der Waals surface area contributed by atoms with Gasteiger partial charge in [-0.15, -0.1) is 0 Å². The Hall–Kier alpha value is -1.56. The van der Waals surface area contributed by atoms with E-state index in [1.807, 2.05) is 6.20 Å². The molecule has 0 fully saturated rings. The fourth-order valence-electron chi connectivity index (χ4n) is 1.32. The van der Waals surface area contributed by atoms with Crippen LogP contribution in [-0.4, -0.2) is 36.2 Å². The molecule has 0 aromatic carbocycles. The summed E-state index contributed by atoms with van der Waals surface area (Å²) < 4.78 is 11.3. The number of primary amides is 1. The van der Waals surface area contributed by atoms with Crippen LogP contribution in [0.3, 0.4) is 0 Å². The lowest BCUT2D eigenvalue weighted by atomic mass is 10.2. The summed E-state index contributed by atoms with van der Waals surface area (Å²) in [6, 6.07) is 0. The topological polar surface area (TPSA) is 79.4 Å². The third kappa shape index (κ3) is 4.79. The minimum atomic E-state index is -0.757. The van der Waals surface area contributed by atoms with E-state index in [-0.39, 0.29) is 6.61 Å². The van der Waals surface area contributed by atoms with Crippen LogP contribution in [0.2, 0.25) is 0 Å². The highest BCUT2D eigenvalue weighted by Crippen LogP contribution is 2.01. The second-order valence-corrected chi connectivity index (χ2v) is 3.38. The number of ether oxygens (including phenoxy) is 2. The highest BCUT2D eigenvalue weighted by Gasteiger charge is 1.99. The Morgan fingerprint density at radius 1 is 1.56 bits per heavy atom. The van der Waals surface area contributed by atoms with Crippen LogP contribution in [0.25, 0.3) is 0 Å². The van der Waals surface area contributed by atoms with Gasteiger partial charge in [-0.2, -0.15) is 5.10 Å². The van der Waals surface area contributed by atoms with Gasteiger partial charge in [0.2, 0.25) is 0 Å². The van der Waals surface area contributed by atoms with Crippen molar-refractivity contribution in [2.45, 2.75) is 19.4 Å². The zero-order valence-corrected chi connectivity index (χ0v) is 9.39. The van der Waals surface area contributed by atoms with E-state index in [1.54, 1.807) is 18.0 Å². The summed E-state index contributed by atoms with van der Waals surface area (Å²) in [5.74, 6) is 0. The molecule has 0 radical (unpaired) electrons. The normalized spacial score (nSPS) is 10.3. The van der Waals surface area contributed by atoms with Gasteiger partial charge in [-0.3, -0.25) is 4.68 Å². The van der Waals surface area contributed by atoms with Crippen LogP contribution < -0.4 is 5.73 Å². The molecule has 0 saturated heterocycles. The van der Waals surface area contributed by atoms with Crippen molar-refractivity contribution < 1.29 is 14.3 Å². The molecular formula is C10H17N3O3. The SMILES string of the molecule is COCCCc1cnn(CCOC(N)=O)c1. The molecule has 0 spiro atoms. The maximum Gasteiger partial charge on any atom is 0.404 e. The number of aryl methyl sites for hydroxylation is 1. The zero-order chi connectivity index (χ0) is 11.8.